The molecule has 5 heteroatoms. The van der Waals surface area contributed by atoms with Crippen molar-refractivity contribution in [1.82, 2.24) is 9.78 Å². The van der Waals surface area contributed by atoms with E-state index in [4.69, 9.17) is 4.74 Å². The van der Waals surface area contributed by atoms with Gasteiger partial charge in [0.15, 0.2) is 11.5 Å². The van der Waals surface area contributed by atoms with Gasteiger partial charge in [0.2, 0.25) is 0 Å². The number of carbonyl (C=O) groups excluding carboxylic acids is 1. The summed E-state index contributed by atoms with van der Waals surface area (Å²) in [5.74, 6) is -1.49. The van der Waals surface area contributed by atoms with Crippen LogP contribution < -0.4 is 0 Å². The number of ether oxygens (including phenoxy) is 1. The second-order valence-corrected chi connectivity index (χ2v) is 5.71. The molecule has 1 aromatic heterocycles. The van der Waals surface area contributed by atoms with Crippen LogP contribution >= 0.6 is 0 Å². The molecule has 0 fully saturated rings. The Morgan fingerprint density at radius 3 is 2.70 bits per heavy atom. The van der Waals surface area contributed by atoms with E-state index in [0.717, 1.165) is 11.8 Å². The molecular formula is C18H19FN2O2. The first kappa shape index (κ1) is 16.7. The fraction of sp³-hybridized carbons (Fsp3) is 0.278. The van der Waals surface area contributed by atoms with Gasteiger partial charge in [-0.1, -0.05) is 36.9 Å². The minimum atomic E-state index is -0.934. The van der Waals surface area contributed by atoms with Gasteiger partial charge in [-0.25, -0.2) is 13.9 Å². The van der Waals surface area contributed by atoms with Crippen molar-refractivity contribution in [3.63, 3.8) is 0 Å². The quantitative estimate of drug-likeness (QED) is 0.621. The van der Waals surface area contributed by atoms with Crippen LogP contribution in [-0.2, 0) is 4.74 Å². The van der Waals surface area contributed by atoms with Crippen molar-refractivity contribution in [2.75, 3.05) is 0 Å². The van der Waals surface area contributed by atoms with E-state index >= 15 is 0 Å². The molecule has 0 amide bonds. The predicted octanol–water partition coefficient (Wildman–Crippen LogP) is 3.91. The number of nitrogens with zero attached hydrogens (tertiary/aromatic N) is 2. The van der Waals surface area contributed by atoms with E-state index in [9.17, 15) is 9.18 Å². The van der Waals surface area contributed by atoms with Crippen molar-refractivity contribution in [3.05, 3.63) is 72.0 Å². The molecule has 0 saturated heterocycles. The van der Waals surface area contributed by atoms with Gasteiger partial charge >= 0.3 is 5.97 Å². The van der Waals surface area contributed by atoms with Gasteiger partial charge in [-0.05, 0) is 32.4 Å². The molecule has 0 aliphatic carbocycles. The van der Waals surface area contributed by atoms with E-state index in [-0.39, 0.29) is 11.7 Å². The number of aromatic nitrogens is 2. The van der Waals surface area contributed by atoms with Crippen LogP contribution in [0.3, 0.4) is 0 Å². The standard InChI is InChI=1S/C18H19FN2O2/c1-5-11-18(3,4)23-17(22)16-15(19)12-20-21(16)13(2)14-9-7-6-8-10-14/h6-13H,1H2,2-4H3/t13-/m1/s1. The van der Waals surface area contributed by atoms with Gasteiger partial charge in [0.1, 0.15) is 5.60 Å². The summed E-state index contributed by atoms with van der Waals surface area (Å²) < 4.78 is 20.7. The lowest BCUT2D eigenvalue weighted by molar-refractivity contribution is 0.0153. The highest BCUT2D eigenvalue weighted by atomic mass is 19.1. The van der Waals surface area contributed by atoms with E-state index < -0.39 is 17.4 Å². The molecule has 0 aliphatic rings. The lowest BCUT2D eigenvalue weighted by Crippen LogP contribution is -2.28. The molecule has 0 spiro atoms. The van der Waals surface area contributed by atoms with E-state index in [2.05, 4.69) is 17.4 Å². The average molecular weight is 314 g/mol. The Hall–Kier alpha value is -2.65. The highest BCUT2D eigenvalue weighted by Gasteiger charge is 2.28. The smallest absolute Gasteiger partial charge is 0.360 e. The molecule has 0 N–H and O–H groups in total. The summed E-state index contributed by atoms with van der Waals surface area (Å²) >= 11 is 0. The van der Waals surface area contributed by atoms with Crippen molar-refractivity contribution in [2.24, 2.45) is 0 Å². The van der Waals surface area contributed by atoms with Crippen LogP contribution in [0.15, 0.2) is 54.9 Å². The molecule has 0 aliphatic heterocycles. The van der Waals surface area contributed by atoms with E-state index in [1.165, 1.54) is 10.8 Å². The molecule has 0 radical (unpaired) electrons. The topological polar surface area (TPSA) is 44.1 Å². The molecule has 0 saturated carbocycles. The van der Waals surface area contributed by atoms with E-state index in [1.807, 2.05) is 37.3 Å². The monoisotopic (exact) mass is 314 g/mol. The minimum Gasteiger partial charge on any atom is -0.450 e. The van der Waals surface area contributed by atoms with Gasteiger partial charge in [-0.3, -0.25) is 0 Å². The van der Waals surface area contributed by atoms with Crippen LogP contribution in [-0.4, -0.2) is 21.4 Å². The van der Waals surface area contributed by atoms with Gasteiger partial charge in [-0.15, -0.1) is 5.73 Å². The fourth-order valence-corrected chi connectivity index (χ4v) is 2.26. The second-order valence-electron chi connectivity index (χ2n) is 5.71. The summed E-state index contributed by atoms with van der Waals surface area (Å²) in [5, 5.41) is 3.99. The third-order valence-corrected chi connectivity index (χ3v) is 3.40. The maximum absolute atomic E-state index is 14.1. The lowest BCUT2D eigenvalue weighted by atomic mass is 10.1. The third-order valence-electron chi connectivity index (χ3n) is 3.40. The molecule has 2 rings (SSSR count). The average Bonchev–Trinajstić information content (AvgIpc) is 2.88. The largest absolute Gasteiger partial charge is 0.450 e. The van der Waals surface area contributed by atoms with Crippen molar-refractivity contribution in [1.29, 1.82) is 0 Å². The summed E-state index contributed by atoms with van der Waals surface area (Å²) in [7, 11) is 0. The maximum atomic E-state index is 14.1. The van der Waals surface area contributed by atoms with Gasteiger partial charge in [0, 0.05) is 0 Å². The molecular weight excluding hydrogens is 295 g/mol. The van der Waals surface area contributed by atoms with Gasteiger partial charge in [0.05, 0.1) is 12.2 Å². The zero-order chi connectivity index (χ0) is 17.0. The van der Waals surface area contributed by atoms with Crippen molar-refractivity contribution in [3.8, 4) is 0 Å². The SMILES string of the molecule is C=C=CC(C)(C)OC(=O)c1c(F)cnn1[C@H](C)c1ccccc1. The second kappa shape index (κ2) is 6.63. The molecule has 1 heterocycles. The Bertz CT molecular complexity index is 744. The summed E-state index contributed by atoms with van der Waals surface area (Å²) in [6, 6.07) is 9.12. The number of carbonyl (C=O) groups is 1. The summed E-state index contributed by atoms with van der Waals surface area (Å²) in [6.45, 7) is 8.63. The molecule has 23 heavy (non-hydrogen) atoms. The molecule has 2 aromatic rings. The Morgan fingerprint density at radius 1 is 1.43 bits per heavy atom. The summed E-state index contributed by atoms with van der Waals surface area (Å²) in [6.07, 6.45) is 2.52. The number of benzene rings is 1. The number of esters is 1. The molecule has 1 atom stereocenters. The number of hydrogen-bond acceptors (Lipinski definition) is 3. The Balaban J connectivity index is 2.35. The Labute approximate surface area is 134 Å². The molecule has 1 aromatic carbocycles. The van der Waals surface area contributed by atoms with Crippen molar-refractivity contribution >= 4 is 5.97 Å². The van der Waals surface area contributed by atoms with Crippen LogP contribution in [0, 0.1) is 5.82 Å². The molecule has 0 bridgehead atoms. The van der Waals surface area contributed by atoms with Crippen LogP contribution in [0.25, 0.3) is 0 Å². The third kappa shape index (κ3) is 3.76. The van der Waals surface area contributed by atoms with Crippen LogP contribution in [0.4, 0.5) is 4.39 Å². The first-order chi connectivity index (χ1) is 10.9. The molecule has 120 valence electrons. The lowest BCUT2D eigenvalue weighted by Gasteiger charge is -2.21. The van der Waals surface area contributed by atoms with Crippen LogP contribution in [0.5, 0.6) is 0 Å². The zero-order valence-corrected chi connectivity index (χ0v) is 13.4. The Kier molecular flexibility index (Phi) is 4.82. The van der Waals surface area contributed by atoms with Crippen molar-refractivity contribution in [2.45, 2.75) is 32.4 Å². The van der Waals surface area contributed by atoms with E-state index in [1.54, 1.807) is 13.8 Å². The van der Waals surface area contributed by atoms with Crippen LogP contribution in [0.1, 0.15) is 42.9 Å². The maximum Gasteiger partial charge on any atom is 0.360 e. The van der Waals surface area contributed by atoms with E-state index in [0.29, 0.717) is 0 Å². The first-order valence-corrected chi connectivity index (χ1v) is 7.24. The minimum absolute atomic E-state index is 0.202. The zero-order valence-electron chi connectivity index (χ0n) is 13.4. The predicted molar refractivity (Wildman–Crippen MR) is 85.6 cm³/mol. The molecule has 0 unspecified atom stereocenters. The van der Waals surface area contributed by atoms with Crippen LogP contribution in [0.2, 0.25) is 0 Å². The first-order valence-electron chi connectivity index (χ1n) is 7.24. The molecule has 4 nitrogen and oxygen atoms in total. The normalized spacial score (nSPS) is 12.3. The number of hydrogen-bond donors (Lipinski definition) is 0. The summed E-state index contributed by atoms with van der Waals surface area (Å²) in [4.78, 5) is 12.4. The van der Waals surface area contributed by atoms with Gasteiger partial charge < -0.3 is 4.74 Å². The fourth-order valence-electron chi connectivity index (χ4n) is 2.26. The summed E-state index contributed by atoms with van der Waals surface area (Å²) in [5.41, 5.74) is 2.34. The number of rotatable bonds is 5. The highest BCUT2D eigenvalue weighted by Crippen LogP contribution is 2.23. The highest BCUT2D eigenvalue weighted by molar-refractivity contribution is 5.88. The van der Waals surface area contributed by atoms with Crippen molar-refractivity contribution < 1.29 is 13.9 Å². The number of halogens is 1. The Morgan fingerprint density at radius 2 is 2.09 bits per heavy atom. The van der Waals surface area contributed by atoms with Gasteiger partial charge in [-0.2, -0.15) is 5.10 Å². The van der Waals surface area contributed by atoms with Gasteiger partial charge in [0.25, 0.3) is 0 Å².